The molecule has 2 aromatic carbocycles. The monoisotopic (exact) mass is 376 g/mol. The highest BCUT2D eigenvalue weighted by molar-refractivity contribution is 6.15. The predicted molar refractivity (Wildman–Crippen MR) is 108 cm³/mol. The SMILES string of the molecule is Cc1cc(OC(=O)C2CC2)cc2c1C(=O)/C(=C/c1ccc(C(C)(C)C)cc1)O2. The molecule has 2 aromatic rings. The van der Waals surface area contributed by atoms with E-state index in [-0.39, 0.29) is 28.8 Å². The third-order valence-electron chi connectivity index (χ3n) is 5.15. The average molecular weight is 376 g/mol. The highest BCUT2D eigenvalue weighted by Gasteiger charge is 2.33. The summed E-state index contributed by atoms with van der Waals surface area (Å²) in [7, 11) is 0. The quantitative estimate of drug-likeness (QED) is 0.418. The van der Waals surface area contributed by atoms with E-state index in [1.54, 1.807) is 18.2 Å². The maximum atomic E-state index is 12.8. The zero-order chi connectivity index (χ0) is 20.1. The van der Waals surface area contributed by atoms with E-state index in [4.69, 9.17) is 9.47 Å². The molecule has 0 spiro atoms. The van der Waals surface area contributed by atoms with E-state index in [2.05, 4.69) is 32.9 Å². The van der Waals surface area contributed by atoms with Crippen LogP contribution in [-0.4, -0.2) is 11.8 Å². The van der Waals surface area contributed by atoms with Gasteiger partial charge in [0.1, 0.15) is 11.5 Å². The molecule has 1 heterocycles. The molecule has 0 aromatic heterocycles. The second kappa shape index (κ2) is 6.62. The van der Waals surface area contributed by atoms with Crippen molar-refractivity contribution in [3.63, 3.8) is 0 Å². The Labute approximate surface area is 165 Å². The van der Waals surface area contributed by atoms with Crippen molar-refractivity contribution in [1.29, 1.82) is 0 Å². The Bertz CT molecular complexity index is 987. The van der Waals surface area contributed by atoms with E-state index in [0.29, 0.717) is 17.1 Å². The molecule has 4 nitrogen and oxygen atoms in total. The third kappa shape index (κ3) is 3.59. The molecular weight excluding hydrogens is 352 g/mol. The van der Waals surface area contributed by atoms with Crippen molar-refractivity contribution >= 4 is 17.8 Å². The largest absolute Gasteiger partial charge is 0.452 e. The minimum Gasteiger partial charge on any atom is -0.452 e. The van der Waals surface area contributed by atoms with E-state index >= 15 is 0 Å². The molecule has 4 rings (SSSR count). The Balaban J connectivity index is 1.58. The van der Waals surface area contributed by atoms with Crippen LogP contribution < -0.4 is 9.47 Å². The molecule has 0 saturated heterocycles. The van der Waals surface area contributed by atoms with Gasteiger partial charge in [0.05, 0.1) is 11.5 Å². The van der Waals surface area contributed by atoms with Gasteiger partial charge in [0, 0.05) is 6.07 Å². The first-order valence-corrected chi connectivity index (χ1v) is 9.63. The highest BCUT2D eigenvalue weighted by Crippen LogP contribution is 2.38. The fourth-order valence-corrected chi connectivity index (χ4v) is 3.29. The second-order valence-corrected chi connectivity index (χ2v) is 8.62. The second-order valence-electron chi connectivity index (χ2n) is 8.62. The van der Waals surface area contributed by atoms with Gasteiger partial charge in [-0.3, -0.25) is 9.59 Å². The zero-order valence-corrected chi connectivity index (χ0v) is 16.7. The summed E-state index contributed by atoms with van der Waals surface area (Å²) in [6, 6.07) is 11.5. The van der Waals surface area contributed by atoms with E-state index in [1.165, 1.54) is 5.56 Å². The van der Waals surface area contributed by atoms with Crippen molar-refractivity contribution in [2.45, 2.75) is 46.0 Å². The number of allylic oxidation sites excluding steroid dienone is 1. The van der Waals surface area contributed by atoms with Gasteiger partial charge in [0.25, 0.3) is 0 Å². The number of fused-ring (bicyclic) bond motifs is 1. The summed E-state index contributed by atoms with van der Waals surface area (Å²) in [5.74, 6) is 0.818. The smallest absolute Gasteiger partial charge is 0.314 e. The van der Waals surface area contributed by atoms with Crippen LogP contribution in [0.15, 0.2) is 42.2 Å². The van der Waals surface area contributed by atoms with Crippen LogP contribution in [0.3, 0.4) is 0 Å². The Morgan fingerprint density at radius 1 is 1.14 bits per heavy atom. The van der Waals surface area contributed by atoms with Gasteiger partial charge in [-0.05, 0) is 54.0 Å². The lowest BCUT2D eigenvalue weighted by atomic mass is 9.86. The van der Waals surface area contributed by atoms with E-state index < -0.39 is 0 Å². The van der Waals surface area contributed by atoms with Crippen LogP contribution in [0.1, 0.15) is 60.7 Å². The van der Waals surface area contributed by atoms with Crippen LogP contribution >= 0.6 is 0 Å². The molecule has 1 aliphatic heterocycles. The minimum absolute atomic E-state index is 0.0163. The van der Waals surface area contributed by atoms with Crippen molar-refractivity contribution in [2.75, 3.05) is 0 Å². The molecule has 0 N–H and O–H groups in total. The van der Waals surface area contributed by atoms with Gasteiger partial charge in [0.2, 0.25) is 5.78 Å². The van der Waals surface area contributed by atoms with Gasteiger partial charge in [0.15, 0.2) is 5.76 Å². The molecule has 0 amide bonds. The van der Waals surface area contributed by atoms with Crippen LogP contribution in [0.4, 0.5) is 0 Å². The molecule has 0 atom stereocenters. The molecule has 2 aliphatic rings. The number of hydrogen-bond acceptors (Lipinski definition) is 4. The first-order valence-electron chi connectivity index (χ1n) is 9.63. The van der Waals surface area contributed by atoms with E-state index in [9.17, 15) is 9.59 Å². The lowest BCUT2D eigenvalue weighted by Crippen LogP contribution is -2.10. The van der Waals surface area contributed by atoms with Gasteiger partial charge in [-0.15, -0.1) is 0 Å². The number of hydrogen-bond donors (Lipinski definition) is 0. The van der Waals surface area contributed by atoms with Crippen LogP contribution in [0.2, 0.25) is 0 Å². The van der Waals surface area contributed by atoms with Gasteiger partial charge in [-0.2, -0.15) is 0 Å². The number of ketones is 1. The van der Waals surface area contributed by atoms with Crippen LogP contribution in [-0.2, 0) is 10.2 Å². The lowest BCUT2D eigenvalue weighted by molar-refractivity contribution is -0.135. The van der Waals surface area contributed by atoms with Gasteiger partial charge in [-0.1, -0.05) is 45.0 Å². The fourth-order valence-electron chi connectivity index (χ4n) is 3.29. The number of benzene rings is 2. The molecule has 1 saturated carbocycles. The van der Waals surface area contributed by atoms with Crippen LogP contribution in [0, 0.1) is 12.8 Å². The number of ether oxygens (including phenoxy) is 2. The van der Waals surface area contributed by atoms with Crippen molar-refractivity contribution in [3.8, 4) is 11.5 Å². The molecule has 1 aliphatic carbocycles. The minimum atomic E-state index is -0.210. The summed E-state index contributed by atoms with van der Waals surface area (Å²) in [6.45, 7) is 8.32. The molecule has 144 valence electrons. The summed E-state index contributed by atoms with van der Waals surface area (Å²) >= 11 is 0. The standard InChI is InChI=1S/C24H24O4/c1-14-11-18(27-23(26)16-7-8-16)13-19-21(14)22(25)20(28-19)12-15-5-9-17(10-6-15)24(2,3)4/h5-6,9-13,16H,7-8H2,1-4H3/b20-12-. The van der Waals surface area contributed by atoms with Crippen molar-refractivity contribution in [1.82, 2.24) is 0 Å². The van der Waals surface area contributed by atoms with Crippen LogP contribution in [0.5, 0.6) is 11.5 Å². The highest BCUT2D eigenvalue weighted by atomic mass is 16.5. The van der Waals surface area contributed by atoms with E-state index in [0.717, 1.165) is 24.0 Å². The van der Waals surface area contributed by atoms with Crippen LogP contribution in [0.25, 0.3) is 6.08 Å². The summed E-state index contributed by atoms with van der Waals surface area (Å²) in [5.41, 5.74) is 3.49. The maximum absolute atomic E-state index is 12.8. The average Bonchev–Trinajstić information content (AvgIpc) is 3.41. The Morgan fingerprint density at radius 2 is 1.82 bits per heavy atom. The number of carbonyl (C=O) groups is 2. The summed E-state index contributed by atoms with van der Waals surface area (Å²) in [6.07, 6.45) is 3.53. The van der Waals surface area contributed by atoms with Crippen molar-refractivity contribution < 1.29 is 19.1 Å². The predicted octanol–water partition coefficient (Wildman–Crippen LogP) is 5.22. The number of esters is 1. The third-order valence-corrected chi connectivity index (χ3v) is 5.15. The topological polar surface area (TPSA) is 52.6 Å². The molecule has 1 fully saturated rings. The summed E-state index contributed by atoms with van der Waals surface area (Å²) < 4.78 is 11.2. The number of carbonyl (C=O) groups excluding carboxylic acids is 2. The molecule has 0 radical (unpaired) electrons. The first-order chi connectivity index (χ1) is 13.2. The molecule has 0 unspecified atom stereocenters. The summed E-state index contributed by atoms with van der Waals surface area (Å²) in [4.78, 5) is 24.7. The van der Waals surface area contributed by atoms with Gasteiger partial charge in [-0.25, -0.2) is 0 Å². The normalized spacial score (nSPS) is 17.4. The zero-order valence-electron chi connectivity index (χ0n) is 16.7. The first kappa shape index (κ1) is 18.5. The number of Topliss-reactive ketones (excluding diaryl/α,β-unsaturated/α-hetero) is 1. The van der Waals surface area contributed by atoms with Gasteiger partial charge >= 0.3 is 5.97 Å². The molecule has 4 heteroatoms. The van der Waals surface area contributed by atoms with Crippen molar-refractivity contribution in [2.24, 2.45) is 5.92 Å². The van der Waals surface area contributed by atoms with E-state index in [1.807, 2.05) is 19.1 Å². The Hall–Kier alpha value is -2.88. The van der Waals surface area contributed by atoms with Gasteiger partial charge < -0.3 is 9.47 Å². The molecule has 0 bridgehead atoms. The van der Waals surface area contributed by atoms with Crippen molar-refractivity contribution in [3.05, 3.63) is 64.4 Å². The Morgan fingerprint density at radius 3 is 2.43 bits per heavy atom. The maximum Gasteiger partial charge on any atom is 0.314 e. The number of aryl methyl sites for hydroxylation is 1. The lowest BCUT2D eigenvalue weighted by Gasteiger charge is -2.18. The molecular formula is C24H24O4. The Kier molecular flexibility index (Phi) is 4.37. The fraction of sp³-hybridized carbons (Fsp3) is 0.333. The molecule has 28 heavy (non-hydrogen) atoms. The number of rotatable bonds is 3. The summed E-state index contributed by atoms with van der Waals surface area (Å²) in [5, 5.41) is 0.